The number of β-amino-alcohol motifs (C(OH)–C–C–N with tert-alkyl or cyclic N) is 1. The standard InChI is InChI=1S/C11H18N2O4S/c1-8-10(9(2)17-12-8)18(15,16)13-6-4-5-11(3,14)7-13/h14H,4-7H2,1-3H3. The van der Waals surface area contributed by atoms with E-state index < -0.39 is 15.6 Å². The molecule has 102 valence electrons. The third-order valence-electron chi connectivity index (χ3n) is 3.21. The average molecular weight is 274 g/mol. The Hall–Kier alpha value is -0.920. The Kier molecular flexibility index (Phi) is 3.25. The molecule has 0 aromatic carbocycles. The molecular formula is C11H18N2O4S. The number of piperidine rings is 1. The maximum Gasteiger partial charge on any atom is 0.248 e. The second-order valence-corrected chi connectivity index (χ2v) is 6.97. The molecule has 1 unspecified atom stereocenters. The van der Waals surface area contributed by atoms with Crippen molar-refractivity contribution in [1.82, 2.24) is 9.46 Å². The number of nitrogens with zero attached hydrogens (tertiary/aromatic N) is 2. The van der Waals surface area contributed by atoms with E-state index in [0.717, 1.165) is 0 Å². The number of hydrogen-bond donors (Lipinski definition) is 1. The van der Waals surface area contributed by atoms with Crippen molar-refractivity contribution in [2.24, 2.45) is 0 Å². The van der Waals surface area contributed by atoms with Gasteiger partial charge in [-0.05, 0) is 33.6 Å². The molecule has 0 spiro atoms. The normalized spacial score (nSPS) is 26.4. The molecule has 1 N–H and O–H groups in total. The van der Waals surface area contributed by atoms with Crippen molar-refractivity contribution in [2.75, 3.05) is 13.1 Å². The van der Waals surface area contributed by atoms with Crippen LogP contribution in [0.15, 0.2) is 9.42 Å². The molecule has 7 heteroatoms. The highest BCUT2D eigenvalue weighted by Gasteiger charge is 2.38. The molecule has 1 aromatic rings. The first-order valence-electron chi connectivity index (χ1n) is 5.89. The van der Waals surface area contributed by atoms with E-state index in [2.05, 4.69) is 5.16 Å². The minimum atomic E-state index is -3.63. The van der Waals surface area contributed by atoms with E-state index >= 15 is 0 Å². The fraction of sp³-hybridized carbons (Fsp3) is 0.727. The molecule has 2 rings (SSSR count). The molecule has 0 radical (unpaired) electrons. The molecule has 1 fully saturated rings. The predicted octanol–water partition coefficient (Wildman–Crippen LogP) is 0.827. The summed E-state index contributed by atoms with van der Waals surface area (Å²) in [6, 6.07) is 0. The van der Waals surface area contributed by atoms with Crippen molar-refractivity contribution < 1.29 is 18.0 Å². The van der Waals surface area contributed by atoms with Crippen LogP contribution < -0.4 is 0 Å². The van der Waals surface area contributed by atoms with E-state index in [-0.39, 0.29) is 17.2 Å². The van der Waals surface area contributed by atoms with Gasteiger partial charge in [0.2, 0.25) is 10.0 Å². The molecule has 1 aliphatic rings. The van der Waals surface area contributed by atoms with E-state index in [1.807, 2.05) is 0 Å². The molecule has 0 aliphatic carbocycles. The lowest BCUT2D eigenvalue weighted by molar-refractivity contribution is 0.00936. The Morgan fingerprint density at radius 2 is 2.11 bits per heavy atom. The van der Waals surface area contributed by atoms with Gasteiger partial charge in [0.05, 0.1) is 5.60 Å². The van der Waals surface area contributed by atoms with E-state index in [0.29, 0.717) is 25.1 Å². The van der Waals surface area contributed by atoms with Gasteiger partial charge in [-0.15, -0.1) is 0 Å². The molecule has 1 atom stereocenters. The van der Waals surface area contributed by atoms with Crippen molar-refractivity contribution in [2.45, 2.75) is 44.1 Å². The summed E-state index contributed by atoms with van der Waals surface area (Å²) >= 11 is 0. The predicted molar refractivity (Wildman–Crippen MR) is 64.6 cm³/mol. The lowest BCUT2D eigenvalue weighted by atomic mass is 9.97. The maximum absolute atomic E-state index is 12.5. The lowest BCUT2D eigenvalue weighted by Gasteiger charge is -2.35. The summed E-state index contributed by atoms with van der Waals surface area (Å²) < 4.78 is 31.2. The summed E-state index contributed by atoms with van der Waals surface area (Å²) in [4.78, 5) is 0.125. The smallest absolute Gasteiger partial charge is 0.248 e. The molecule has 1 aromatic heterocycles. The fourth-order valence-corrected chi connectivity index (χ4v) is 4.24. The van der Waals surface area contributed by atoms with Crippen LogP contribution in [0.25, 0.3) is 0 Å². The largest absolute Gasteiger partial charge is 0.389 e. The molecule has 0 saturated carbocycles. The van der Waals surface area contributed by atoms with E-state index in [9.17, 15) is 13.5 Å². The van der Waals surface area contributed by atoms with Crippen LogP contribution in [0.2, 0.25) is 0 Å². The molecule has 2 heterocycles. The zero-order chi connectivity index (χ0) is 13.6. The van der Waals surface area contributed by atoms with Crippen LogP contribution in [-0.2, 0) is 10.0 Å². The maximum atomic E-state index is 12.5. The molecule has 6 nitrogen and oxygen atoms in total. The molecule has 18 heavy (non-hydrogen) atoms. The molecule has 0 bridgehead atoms. The number of aryl methyl sites for hydroxylation is 2. The second-order valence-electron chi connectivity index (χ2n) is 5.09. The van der Waals surface area contributed by atoms with Gasteiger partial charge in [-0.1, -0.05) is 5.16 Å². The van der Waals surface area contributed by atoms with Crippen molar-refractivity contribution in [3.63, 3.8) is 0 Å². The van der Waals surface area contributed by atoms with Crippen LogP contribution in [0, 0.1) is 13.8 Å². The van der Waals surface area contributed by atoms with Crippen LogP contribution in [-0.4, -0.2) is 41.7 Å². The zero-order valence-corrected chi connectivity index (χ0v) is 11.6. The average Bonchev–Trinajstić information content (AvgIpc) is 2.57. The molecule has 1 aliphatic heterocycles. The molecule has 0 amide bonds. The summed E-state index contributed by atoms with van der Waals surface area (Å²) in [5.74, 6) is 0.290. The molecule has 1 saturated heterocycles. The SMILES string of the molecule is Cc1noc(C)c1S(=O)(=O)N1CCCC(C)(O)C1. The first-order chi connectivity index (χ1) is 8.24. The van der Waals surface area contributed by atoms with Gasteiger partial charge < -0.3 is 9.63 Å². The second kappa shape index (κ2) is 4.32. The Labute approximate surface area is 107 Å². The van der Waals surface area contributed by atoms with Gasteiger partial charge in [0.25, 0.3) is 0 Å². The van der Waals surface area contributed by atoms with Gasteiger partial charge >= 0.3 is 0 Å². The third kappa shape index (κ3) is 2.30. The first kappa shape index (κ1) is 13.5. The summed E-state index contributed by atoms with van der Waals surface area (Å²) in [5, 5.41) is 13.7. The van der Waals surface area contributed by atoms with Crippen LogP contribution in [0.5, 0.6) is 0 Å². The highest BCUT2D eigenvalue weighted by Crippen LogP contribution is 2.28. The van der Waals surface area contributed by atoms with Crippen LogP contribution in [0.3, 0.4) is 0 Å². The Morgan fingerprint density at radius 1 is 1.44 bits per heavy atom. The Balaban J connectivity index is 2.38. The van der Waals surface area contributed by atoms with Gasteiger partial charge in [0.15, 0.2) is 5.76 Å². The summed E-state index contributed by atoms with van der Waals surface area (Å²) in [7, 11) is -3.63. The topological polar surface area (TPSA) is 83.6 Å². The number of rotatable bonds is 2. The Bertz CT molecular complexity index is 528. The summed E-state index contributed by atoms with van der Waals surface area (Å²) in [5.41, 5.74) is -0.609. The highest BCUT2D eigenvalue weighted by molar-refractivity contribution is 7.89. The quantitative estimate of drug-likeness (QED) is 0.863. The first-order valence-corrected chi connectivity index (χ1v) is 7.33. The highest BCUT2D eigenvalue weighted by atomic mass is 32.2. The van der Waals surface area contributed by atoms with E-state index in [1.165, 1.54) is 4.31 Å². The Morgan fingerprint density at radius 3 is 2.61 bits per heavy atom. The number of sulfonamides is 1. The molecular weight excluding hydrogens is 256 g/mol. The monoisotopic (exact) mass is 274 g/mol. The van der Waals surface area contributed by atoms with Gasteiger partial charge in [-0.3, -0.25) is 0 Å². The van der Waals surface area contributed by atoms with E-state index in [4.69, 9.17) is 4.52 Å². The van der Waals surface area contributed by atoms with E-state index in [1.54, 1.807) is 20.8 Å². The van der Waals surface area contributed by atoms with Crippen molar-refractivity contribution >= 4 is 10.0 Å². The van der Waals surface area contributed by atoms with Crippen molar-refractivity contribution in [3.8, 4) is 0 Å². The fourth-order valence-electron chi connectivity index (χ4n) is 2.35. The van der Waals surface area contributed by atoms with Gasteiger partial charge in [-0.2, -0.15) is 4.31 Å². The lowest BCUT2D eigenvalue weighted by Crippen LogP contribution is -2.48. The summed E-state index contributed by atoms with van der Waals surface area (Å²) in [6.45, 7) is 5.37. The number of aromatic nitrogens is 1. The van der Waals surface area contributed by atoms with Crippen LogP contribution in [0.1, 0.15) is 31.2 Å². The van der Waals surface area contributed by atoms with Crippen molar-refractivity contribution in [1.29, 1.82) is 0 Å². The van der Waals surface area contributed by atoms with Crippen LogP contribution in [0.4, 0.5) is 0 Å². The van der Waals surface area contributed by atoms with Crippen LogP contribution >= 0.6 is 0 Å². The zero-order valence-electron chi connectivity index (χ0n) is 10.8. The number of aliphatic hydroxyl groups is 1. The van der Waals surface area contributed by atoms with Gasteiger partial charge in [0, 0.05) is 13.1 Å². The summed E-state index contributed by atoms with van der Waals surface area (Å²) in [6.07, 6.45) is 1.26. The third-order valence-corrected chi connectivity index (χ3v) is 5.30. The minimum absolute atomic E-state index is 0.111. The number of hydrogen-bond acceptors (Lipinski definition) is 5. The van der Waals surface area contributed by atoms with Crippen molar-refractivity contribution in [3.05, 3.63) is 11.5 Å². The van der Waals surface area contributed by atoms with Gasteiger partial charge in [-0.25, -0.2) is 8.42 Å². The minimum Gasteiger partial charge on any atom is -0.389 e. The van der Waals surface area contributed by atoms with Gasteiger partial charge in [0.1, 0.15) is 10.6 Å².